The number of aliphatic imine (C=N–C) groups is 1. The van der Waals surface area contributed by atoms with Crippen molar-refractivity contribution >= 4 is 47.4 Å². The number of rotatable bonds is 6. The molecule has 0 atom stereocenters. The average molecular weight is 432 g/mol. The molecule has 0 amide bonds. The van der Waals surface area contributed by atoms with Crippen molar-refractivity contribution in [1.29, 1.82) is 0 Å². The third-order valence-corrected chi connectivity index (χ3v) is 4.01. The van der Waals surface area contributed by atoms with Crippen molar-refractivity contribution in [1.82, 2.24) is 10.6 Å². The predicted octanol–water partition coefficient (Wildman–Crippen LogP) is 2.71. The van der Waals surface area contributed by atoms with E-state index in [0.29, 0.717) is 0 Å². The molecule has 1 heterocycles. The number of anilines is 1. The maximum atomic E-state index is 4.22. The van der Waals surface area contributed by atoms with Crippen molar-refractivity contribution in [2.75, 3.05) is 43.6 Å². The Balaban J connectivity index is 0.00000242. The highest BCUT2D eigenvalue weighted by Crippen LogP contribution is 2.17. The number of nitrogens with zero attached hydrogens (tertiary/aromatic N) is 2. The lowest BCUT2D eigenvalue weighted by atomic mass is 10.2. The molecule has 0 fully saturated rings. The topological polar surface area (TPSA) is 39.7 Å². The molecular weight excluding hydrogens is 407 g/mol. The van der Waals surface area contributed by atoms with E-state index in [1.807, 2.05) is 11.8 Å². The Labute approximate surface area is 154 Å². The van der Waals surface area contributed by atoms with E-state index in [1.165, 1.54) is 11.3 Å². The van der Waals surface area contributed by atoms with Crippen molar-refractivity contribution in [3.8, 4) is 0 Å². The van der Waals surface area contributed by atoms with Gasteiger partial charge in [-0.05, 0) is 24.0 Å². The van der Waals surface area contributed by atoms with Crippen molar-refractivity contribution in [3.63, 3.8) is 0 Å². The summed E-state index contributed by atoms with van der Waals surface area (Å²) in [6.07, 6.45) is 6.52. The summed E-state index contributed by atoms with van der Waals surface area (Å²) in [5.74, 6) is 1.94. The molecule has 0 saturated heterocycles. The molecule has 0 bridgehead atoms. The van der Waals surface area contributed by atoms with Crippen molar-refractivity contribution < 1.29 is 0 Å². The van der Waals surface area contributed by atoms with E-state index in [0.717, 1.165) is 37.9 Å². The minimum atomic E-state index is 0. The maximum Gasteiger partial charge on any atom is 0.191 e. The van der Waals surface area contributed by atoms with Gasteiger partial charge in [-0.3, -0.25) is 4.99 Å². The van der Waals surface area contributed by atoms with Crippen LogP contribution in [0.5, 0.6) is 0 Å². The van der Waals surface area contributed by atoms with Gasteiger partial charge in [0.15, 0.2) is 5.96 Å². The highest BCUT2D eigenvalue weighted by atomic mass is 127. The fourth-order valence-electron chi connectivity index (χ4n) is 2.19. The molecule has 2 rings (SSSR count). The number of guanidine groups is 1. The highest BCUT2D eigenvalue weighted by Gasteiger charge is 2.07. The van der Waals surface area contributed by atoms with E-state index >= 15 is 0 Å². The summed E-state index contributed by atoms with van der Waals surface area (Å²) in [7, 11) is 1.80. The zero-order valence-corrected chi connectivity index (χ0v) is 16.4. The molecule has 1 aromatic rings. The van der Waals surface area contributed by atoms with Crippen LogP contribution in [0, 0.1) is 0 Å². The first-order chi connectivity index (χ1) is 10.3. The van der Waals surface area contributed by atoms with Gasteiger partial charge in [-0.2, -0.15) is 11.8 Å². The second kappa shape index (κ2) is 10.8. The highest BCUT2D eigenvalue weighted by molar-refractivity contribution is 14.0. The summed E-state index contributed by atoms with van der Waals surface area (Å²) in [6.45, 7) is 3.76. The zero-order chi connectivity index (χ0) is 14.9. The van der Waals surface area contributed by atoms with E-state index < -0.39 is 0 Å². The number of hydrogen-bond acceptors (Lipinski definition) is 3. The minimum absolute atomic E-state index is 0. The van der Waals surface area contributed by atoms with Gasteiger partial charge in [-0.1, -0.05) is 24.3 Å². The van der Waals surface area contributed by atoms with Crippen LogP contribution in [-0.4, -0.2) is 44.7 Å². The van der Waals surface area contributed by atoms with Crippen LogP contribution >= 0.6 is 35.7 Å². The largest absolute Gasteiger partial charge is 0.364 e. The third kappa shape index (κ3) is 6.08. The minimum Gasteiger partial charge on any atom is -0.364 e. The maximum absolute atomic E-state index is 4.22. The number of benzene rings is 1. The van der Waals surface area contributed by atoms with Gasteiger partial charge >= 0.3 is 0 Å². The Hall–Kier alpha value is -0.890. The molecule has 1 aliphatic heterocycles. The predicted molar refractivity (Wildman–Crippen MR) is 110 cm³/mol. The van der Waals surface area contributed by atoms with Gasteiger partial charge in [0.1, 0.15) is 0 Å². The lowest BCUT2D eigenvalue weighted by Gasteiger charge is -2.18. The molecule has 0 spiro atoms. The molecule has 0 unspecified atom stereocenters. The Morgan fingerprint density at radius 2 is 1.86 bits per heavy atom. The SMILES string of the molecule is CN=C(NCCSC)NCc1ccc(N2CC=CC2)cc1.I. The van der Waals surface area contributed by atoms with Crippen LogP contribution in [0.2, 0.25) is 0 Å². The molecule has 1 aromatic carbocycles. The third-order valence-electron chi connectivity index (χ3n) is 3.40. The van der Waals surface area contributed by atoms with Gasteiger partial charge in [0.05, 0.1) is 0 Å². The van der Waals surface area contributed by atoms with E-state index in [2.05, 4.69) is 63.2 Å². The van der Waals surface area contributed by atoms with Crippen molar-refractivity contribution in [2.45, 2.75) is 6.54 Å². The van der Waals surface area contributed by atoms with Gasteiger partial charge in [0.2, 0.25) is 0 Å². The number of nitrogens with one attached hydrogen (secondary N) is 2. The van der Waals surface area contributed by atoms with E-state index in [4.69, 9.17) is 0 Å². The van der Waals surface area contributed by atoms with Crippen LogP contribution in [0.3, 0.4) is 0 Å². The fraction of sp³-hybridized carbons (Fsp3) is 0.438. The van der Waals surface area contributed by atoms with Crippen molar-refractivity contribution in [3.05, 3.63) is 42.0 Å². The van der Waals surface area contributed by atoms with Crippen LogP contribution in [0.4, 0.5) is 5.69 Å². The first kappa shape index (κ1) is 19.2. The molecule has 1 aliphatic rings. The first-order valence-corrected chi connectivity index (χ1v) is 8.65. The van der Waals surface area contributed by atoms with E-state index in [-0.39, 0.29) is 24.0 Å². The molecule has 22 heavy (non-hydrogen) atoms. The first-order valence-electron chi connectivity index (χ1n) is 7.26. The average Bonchev–Trinajstić information content (AvgIpc) is 3.06. The Morgan fingerprint density at radius 1 is 1.18 bits per heavy atom. The number of halogens is 1. The Kier molecular flexibility index (Phi) is 9.38. The van der Waals surface area contributed by atoms with Gasteiger partial charge in [0, 0.05) is 44.7 Å². The zero-order valence-electron chi connectivity index (χ0n) is 13.2. The molecule has 0 saturated carbocycles. The fourth-order valence-corrected chi connectivity index (χ4v) is 2.50. The molecule has 0 aliphatic carbocycles. The van der Waals surface area contributed by atoms with Gasteiger partial charge in [-0.25, -0.2) is 0 Å². The smallest absolute Gasteiger partial charge is 0.191 e. The monoisotopic (exact) mass is 432 g/mol. The van der Waals surface area contributed by atoms with Crippen LogP contribution in [0.1, 0.15) is 5.56 Å². The lowest BCUT2D eigenvalue weighted by molar-refractivity contribution is 0.832. The standard InChI is InChI=1S/C16H24N4S.HI/c1-17-16(18-9-12-21-2)19-13-14-5-7-15(8-6-14)20-10-3-4-11-20;/h3-8H,9-13H2,1-2H3,(H2,17,18,19);1H. The Morgan fingerprint density at radius 3 is 2.45 bits per heavy atom. The Bertz CT molecular complexity index is 479. The summed E-state index contributed by atoms with van der Waals surface area (Å²) in [4.78, 5) is 6.57. The molecule has 6 heteroatoms. The van der Waals surface area contributed by atoms with Gasteiger partial charge < -0.3 is 15.5 Å². The summed E-state index contributed by atoms with van der Waals surface area (Å²) in [5.41, 5.74) is 2.55. The van der Waals surface area contributed by atoms with Crippen molar-refractivity contribution in [2.24, 2.45) is 4.99 Å². The van der Waals surface area contributed by atoms with E-state index in [1.54, 1.807) is 7.05 Å². The quantitative estimate of drug-likeness (QED) is 0.239. The summed E-state index contributed by atoms with van der Waals surface area (Å²) in [6, 6.07) is 8.73. The van der Waals surface area contributed by atoms with Gasteiger partial charge in [-0.15, -0.1) is 24.0 Å². The lowest BCUT2D eigenvalue weighted by Crippen LogP contribution is -2.37. The number of hydrogen-bond donors (Lipinski definition) is 2. The normalized spacial score (nSPS) is 13.9. The van der Waals surface area contributed by atoms with E-state index in [9.17, 15) is 0 Å². The summed E-state index contributed by atoms with van der Waals surface area (Å²) >= 11 is 1.83. The van der Waals surface area contributed by atoms with Crippen LogP contribution in [0.25, 0.3) is 0 Å². The van der Waals surface area contributed by atoms with Crippen LogP contribution < -0.4 is 15.5 Å². The summed E-state index contributed by atoms with van der Waals surface area (Å²) in [5, 5.41) is 6.64. The molecule has 0 radical (unpaired) electrons. The molecule has 2 N–H and O–H groups in total. The molecule has 4 nitrogen and oxygen atoms in total. The van der Waals surface area contributed by atoms with Crippen LogP contribution in [-0.2, 0) is 6.54 Å². The second-order valence-electron chi connectivity index (χ2n) is 4.89. The molecular formula is C16H25IN4S. The second-order valence-corrected chi connectivity index (χ2v) is 5.87. The number of thioether (sulfide) groups is 1. The molecule has 122 valence electrons. The van der Waals surface area contributed by atoms with Gasteiger partial charge in [0.25, 0.3) is 0 Å². The van der Waals surface area contributed by atoms with Crippen LogP contribution in [0.15, 0.2) is 41.4 Å². The summed E-state index contributed by atoms with van der Waals surface area (Å²) < 4.78 is 0. The molecule has 0 aromatic heterocycles.